The summed E-state index contributed by atoms with van der Waals surface area (Å²) < 4.78 is 13.6. The van der Waals surface area contributed by atoms with E-state index in [0.29, 0.717) is 17.4 Å². The first-order valence-corrected chi connectivity index (χ1v) is 6.32. The largest absolute Gasteiger partial charge is 0.370 e. The standard InChI is InChI=1S/C12H16BrFN2O/c13-10-5-4-9(7-11(10)14)8-16-6-2-1-3-12(15)17/h4-5,7,16H,1-3,6,8H2,(H2,15,17). The number of rotatable bonds is 7. The van der Waals surface area contributed by atoms with Crippen molar-refractivity contribution in [2.45, 2.75) is 25.8 Å². The predicted molar refractivity (Wildman–Crippen MR) is 68.9 cm³/mol. The van der Waals surface area contributed by atoms with E-state index in [4.69, 9.17) is 5.73 Å². The normalized spacial score (nSPS) is 10.5. The van der Waals surface area contributed by atoms with Gasteiger partial charge in [-0.3, -0.25) is 4.79 Å². The van der Waals surface area contributed by atoms with Gasteiger partial charge < -0.3 is 11.1 Å². The summed E-state index contributed by atoms with van der Waals surface area (Å²) in [4.78, 5) is 10.5. The van der Waals surface area contributed by atoms with E-state index in [2.05, 4.69) is 21.2 Å². The minimum Gasteiger partial charge on any atom is -0.370 e. The molecule has 3 N–H and O–H groups in total. The van der Waals surface area contributed by atoms with E-state index in [1.165, 1.54) is 6.07 Å². The second-order valence-corrected chi connectivity index (χ2v) is 4.70. The number of nitrogens with one attached hydrogen (secondary N) is 1. The zero-order valence-corrected chi connectivity index (χ0v) is 11.1. The van der Waals surface area contributed by atoms with Crippen LogP contribution in [-0.2, 0) is 11.3 Å². The molecule has 0 saturated heterocycles. The van der Waals surface area contributed by atoms with Gasteiger partial charge in [-0.25, -0.2) is 4.39 Å². The summed E-state index contributed by atoms with van der Waals surface area (Å²) in [5.41, 5.74) is 5.93. The molecule has 0 aromatic heterocycles. The van der Waals surface area contributed by atoms with Crippen LogP contribution in [0.15, 0.2) is 22.7 Å². The van der Waals surface area contributed by atoms with Gasteiger partial charge in [0.05, 0.1) is 4.47 Å². The molecule has 0 saturated carbocycles. The molecular formula is C12H16BrFN2O. The Morgan fingerprint density at radius 1 is 1.41 bits per heavy atom. The highest BCUT2D eigenvalue weighted by molar-refractivity contribution is 9.10. The summed E-state index contributed by atoms with van der Waals surface area (Å²) in [6.07, 6.45) is 2.10. The number of hydrogen-bond acceptors (Lipinski definition) is 2. The van der Waals surface area contributed by atoms with Crippen molar-refractivity contribution in [2.24, 2.45) is 5.73 Å². The van der Waals surface area contributed by atoms with Crippen molar-refractivity contribution in [3.05, 3.63) is 34.1 Å². The van der Waals surface area contributed by atoms with Gasteiger partial charge in [0, 0.05) is 13.0 Å². The van der Waals surface area contributed by atoms with Crippen LogP contribution in [0.4, 0.5) is 4.39 Å². The highest BCUT2D eigenvalue weighted by atomic mass is 79.9. The average Bonchev–Trinajstić information content (AvgIpc) is 2.27. The fourth-order valence-corrected chi connectivity index (χ4v) is 1.68. The van der Waals surface area contributed by atoms with E-state index < -0.39 is 0 Å². The summed E-state index contributed by atoms with van der Waals surface area (Å²) in [5, 5.41) is 3.19. The summed E-state index contributed by atoms with van der Waals surface area (Å²) in [5.74, 6) is -0.516. The van der Waals surface area contributed by atoms with Gasteiger partial charge >= 0.3 is 0 Å². The maximum Gasteiger partial charge on any atom is 0.217 e. The smallest absolute Gasteiger partial charge is 0.217 e. The molecule has 0 spiro atoms. The number of amides is 1. The van der Waals surface area contributed by atoms with Gasteiger partial charge in [-0.2, -0.15) is 0 Å². The first kappa shape index (κ1) is 14.1. The third kappa shape index (κ3) is 5.79. The minimum atomic E-state index is -0.264. The zero-order valence-electron chi connectivity index (χ0n) is 9.51. The molecule has 0 aliphatic heterocycles. The number of carbonyl (C=O) groups excluding carboxylic acids is 1. The maximum absolute atomic E-state index is 13.2. The van der Waals surface area contributed by atoms with Gasteiger partial charge in [-0.05, 0) is 53.0 Å². The topological polar surface area (TPSA) is 55.1 Å². The van der Waals surface area contributed by atoms with Gasteiger partial charge in [-0.15, -0.1) is 0 Å². The Balaban J connectivity index is 2.18. The summed E-state index contributed by atoms with van der Waals surface area (Å²) in [6, 6.07) is 5.06. The van der Waals surface area contributed by atoms with Crippen LogP contribution in [0, 0.1) is 5.82 Å². The van der Waals surface area contributed by atoms with Gasteiger partial charge in [-0.1, -0.05) is 6.07 Å². The van der Waals surface area contributed by atoms with Gasteiger partial charge in [0.1, 0.15) is 5.82 Å². The van der Waals surface area contributed by atoms with Crippen molar-refractivity contribution in [1.29, 1.82) is 0 Å². The second-order valence-electron chi connectivity index (χ2n) is 3.85. The van der Waals surface area contributed by atoms with E-state index in [1.807, 2.05) is 6.07 Å². The lowest BCUT2D eigenvalue weighted by molar-refractivity contribution is -0.118. The van der Waals surface area contributed by atoms with Gasteiger partial charge in [0.2, 0.25) is 5.91 Å². The lowest BCUT2D eigenvalue weighted by Crippen LogP contribution is -2.16. The van der Waals surface area contributed by atoms with Crippen LogP contribution in [0.25, 0.3) is 0 Å². The average molecular weight is 303 g/mol. The third-order valence-corrected chi connectivity index (χ3v) is 2.98. The number of benzene rings is 1. The molecule has 5 heteroatoms. The number of nitrogens with two attached hydrogens (primary N) is 1. The van der Waals surface area contributed by atoms with E-state index in [1.54, 1.807) is 6.07 Å². The molecule has 0 bridgehead atoms. The molecule has 1 amide bonds. The number of unbranched alkanes of at least 4 members (excludes halogenated alkanes) is 1. The van der Waals surface area contributed by atoms with E-state index in [-0.39, 0.29) is 11.7 Å². The van der Waals surface area contributed by atoms with E-state index in [0.717, 1.165) is 24.9 Å². The lowest BCUT2D eigenvalue weighted by Gasteiger charge is -2.05. The van der Waals surface area contributed by atoms with Crippen molar-refractivity contribution >= 4 is 21.8 Å². The van der Waals surface area contributed by atoms with Crippen LogP contribution in [0.1, 0.15) is 24.8 Å². The van der Waals surface area contributed by atoms with E-state index in [9.17, 15) is 9.18 Å². The van der Waals surface area contributed by atoms with Crippen molar-refractivity contribution in [3.63, 3.8) is 0 Å². The molecular weight excluding hydrogens is 287 g/mol. The SMILES string of the molecule is NC(=O)CCCCNCc1ccc(Br)c(F)c1. The lowest BCUT2D eigenvalue weighted by atomic mass is 10.2. The molecule has 0 unspecified atom stereocenters. The molecule has 0 heterocycles. The Kier molecular flexibility index (Phi) is 6.15. The highest BCUT2D eigenvalue weighted by Crippen LogP contribution is 2.16. The van der Waals surface area contributed by atoms with Crippen molar-refractivity contribution in [1.82, 2.24) is 5.32 Å². The molecule has 1 aromatic carbocycles. The molecule has 0 radical (unpaired) electrons. The fraction of sp³-hybridized carbons (Fsp3) is 0.417. The van der Waals surface area contributed by atoms with Crippen LogP contribution < -0.4 is 11.1 Å². The van der Waals surface area contributed by atoms with Crippen molar-refractivity contribution < 1.29 is 9.18 Å². The molecule has 0 atom stereocenters. The Hall–Kier alpha value is -0.940. The van der Waals surface area contributed by atoms with Gasteiger partial charge in [0.15, 0.2) is 0 Å². The molecule has 0 fully saturated rings. The molecule has 0 aliphatic rings. The Bertz CT molecular complexity index is 385. The van der Waals surface area contributed by atoms with Crippen LogP contribution in [0.2, 0.25) is 0 Å². The van der Waals surface area contributed by atoms with Crippen molar-refractivity contribution in [2.75, 3.05) is 6.54 Å². The minimum absolute atomic E-state index is 0.252. The second kappa shape index (κ2) is 7.40. The first-order valence-electron chi connectivity index (χ1n) is 5.52. The van der Waals surface area contributed by atoms with Gasteiger partial charge in [0.25, 0.3) is 0 Å². The molecule has 17 heavy (non-hydrogen) atoms. The summed E-state index contributed by atoms with van der Waals surface area (Å²) >= 11 is 3.11. The van der Waals surface area contributed by atoms with E-state index >= 15 is 0 Å². The molecule has 3 nitrogen and oxygen atoms in total. The Labute approximate surface area is 109 Å². The van der Waals surface area contributed by atoms with Crippen LogP contribution in [0.3, 0.4) is 0 Å². The number of hydrogen-bond donors (Lipinski definition) is 2. The molecule has 0 aliphatic carbocycles. The quantitative estimate of drug-likeness (QED) is 0.760. The highest BCUT2D eigenvalue weighted by Gasteiger charge is 2.00. The number of carbonyl (C=O) groups is 1. The Morgan fingerprint density at radius 3 is 2.82 bits per heavy atom. The van der Waals surface area contributed by atoms with Crippen molar-refractivity contribution in [3.8, 4) is 0 Å². The molecule has 1 rings (SSSR count). The predicted octanol–water partition coefficient (Wildman–Crippen LogP) is 2.33. The monoisotopic (exact) mass is 302 g/mol. The third-order valence-electron chi connectivity index (χ3n) is 2.34. The zero-order chi connectivity index (χ0) is 12.7. The van der Waals surface area contributed by atoms with Crippen LogP contribution in [0.5, 0.6) is 0 Å². The summed E-state index contributed by atoms with van der Waals surface area (Å²) in [6.45, 7) is 1.42. The Morgan fingerprint density at radius 2 is 2.18 bits per heavy atom. The van der Waals surface area contributed by atoms with Crippen LogP contribution in [-0.4, -0.2) is 12.5 Å². The summed E-state index contributed by atoms with van der Waals surface area (Å²) in [7, 11) is 0. The molecule has 94 valence electrons. The van der Waals surface area contributed by atoms with Crippen LogP contribution >= 0.6 is 15.9 Å². The number of halogens is 2. The molecule has 1 aromatic rings. The first-order chi connectivity index (χ1) is 8.09. The maximum atomic E-state index is 13.2. The number of primary amides is 1. The fourth-order valence-electron chi connectivity index (χ4n) is 1.43.